The fourth-order valence-electron chi connectivity index (χ4n) is 2.80. The first-order valence-electron chi connectivity index (χ1n) is 6.61. The first-order chi connectivity index (χ1) is 7.96. The summed E-state index contributed by atoms with van der Waals surface area (Å²) in [4.78, 5) is 26.5. The van der Waals surface area contributed by atoms with Gasteiger partial charge in [-0.15, -0.1) is 0 Å². The lowest BCUT2D eigenvalue weighted by atomic mass is 9.87. The van der Waals surface area contributed by atoms with Gasteiger partial charge in [0.1, 0.15) is 11.6 Å². The van der Waals surface area contributed by atoms with E-state index in [1.54, 1.807) is 0 Å². The molecule has 2 fully saturated rings. The van der Waals surface area contributed by atoms with Crippen LogP contribution in [-0.4, -0.2) is 34.3 Å². The smallest absolute Gasteiger partial charge is 0.249 e. The summed E-state index contributed by atoms with van der Waals surface area (Å²) < 4.78 is 0. The molecule has 4 nitrogen and oxygen atoms in total. The fraction of sp³-hybridized carbons (Fsp3) is 0.846. The molecule has 96 valence electrons. The van der Waals surface area contributed by atoms with Crippen LogP contribution in [0.1, 0.15) is 47.0 Å². The van der Waals surface area contributed by atoms with Crippen LogP contribution in [0.15, 0.2) is 0 Å². The number of hydrogen-bond acceptors (Lipinski definition) is 2. The second-order valence-corrected chi connectivity index (χ2v) is 5.45. The van der Waals surface area contributed by atoms with Crippen molar-refractivity contribution in [3.8, 4) is 0 Å². The minimum absolute atomic E-state index is 0.00704. The van der Waals surface area contributed by atoms with Crippen LogP contribution in [0.5, 0.6) is 0 Å². The van der Waals surface area contributed by atoms with Gasteiger partial charge in [-0.05, 0) is 32.1 Å². The zero-order chi connectivity index (χ0) is 12.8. The van der Waals surface area contributed by atoms with Crippen molar-refractivity contribution in [1.82, 2.24) is 10.2 Å². The van der Waals surface area contributed by atoms with Gasteiger partial charge in [-0.1, -0.05) is 20.8 Å². The summed E-state index contributed by atoms with van der Waals surface area (Å²) in [5.41, 5.74) is -0.661. The van der Waals surface area contributed by atoms with Gasteiger partial charge in [0.05, 0.1) is 0 Å². The molecule has 0 spiro atoms. The number of nitrogens with zero attached hydrogens (tertiary/aromatic N) is 1. The van der Waals surface area contributed by atoms with E-state index in [1.807, 2.05) is 25.7 Å². The molecule has 0 aromatic carbocycles. The molecule has 1 N–H and O–H groups in total. The third kappa shape index (κ3) is 1.74. The molecule has 0 aromatic rings. The Hall–Kier alpha value is -1.06. The Morgan fingerprint density at radius 2 is 1.82 bits per heavy atom. The highest BCUT2D eigenvalue weighted by atomic mass is 16.2. The van der Waals surface area contributed by atoms with E-state index in [0.717, 1.165) is 6.42 Å². The summed E-state index contributed by atoms with van der Waals surface area (Å²) >= 11 is 0. The van der Waals surface area contributed by atoms with Crippen molar-refractivity contribution >= 4 is 11.8 Å². The van der Waals surface area contributed by atoms with Gasteiger partial charge in [0.15, 0.2) is 0 Å². The van der Waals surface area contributed by atoms with Gasteiger partial charge < -0.3 is 10.2 Å². The Morgan fingerprint density at radius 3 is 2.24 bits per heavy atom. The summed E-state index contributed by atoms with van der Waals surface area (Å²) in [6.07, 6.45) is 2.36. The van der Waals surface area contributed by atoms with Crippen LogP contribution in [0, 0.1) is 5.92 Å². The van der Waals surface area contributed by atoms with Gasteiger partial charge >= 0.3 is 0 Å². The van der Waals surface area contributed by atoms with Crippen LogP contribution in [0.25, 0.3) is 0 Å². The Labute approximate surface area is 103 Å². The molecule has 1 heterocycles. The summed E-state index contributed by atoms with van der Waals surface area (Å²) in [5, 5.41) is 2.93. The van der Waals surface area contributed by atoms with Crippen molar-refractivity contribution in [2.45, 2.75) is 64.6 Å². The lowest BCUT2D eigenvalue weighted by Crippen LogP contribution is -2.69. The largest absolute Gasteiger partial charge is 0.340 e. The van der Waals surface area contributed by atoms with Crippen LogP contribution < -0.4 is 5.32 Å². The van der Waals surface area contributed by atoms with Gasteiger partial charge in [-0.3, -0.25) is 9.59 Å². The predicted molar refractivity (Wildman–Crippen MR) is 65.3 cm³/mol. The average Bonchev–Trinajstić information content (AvgIpc) is 3.01. The van der Waals surface area contributed by atoms with Crippen molar-refractivity contribution in [2.24, 2.45) is 5.92 Å². The maximum atomic E-state index is 12.6. The minimum Gasteiger partial charge on any atom is -0.340 e. The van der Waals surface area contributed by atoms with Crippen molar-refractivity contribution in [3.05, 3.63) is 0 Å². The third-order valence-electron chi connectivity index (χ3n) is 4.43. The van der Waals surface area contributed by atoms with E-state index in [-0.39, 0.29) is 23.9 Å². The molecule has 0 radical (unpaired) electrons. The van der Waals surface area contributed by atoms with Crippen LogP contribution >= 0.6 is 0 Å². The van der Waals surface area contributed by atoms with E-state index in [0.29, 0.717) is 18.8 Å². The topological polar surface area (TPSA) is 49.4 Å². The lowest BCUT2D eigenvalue weighted by molar-refractivity contribution is -0.155. The van der Waals surface area contributed by atoms with Crippen LogP contribution in [0.4, 0.5) is 0 Å². The van der Waals surface area contributed by atoms with Crippen LogP contribution in [0.2, 0.25) is 0 Å². The van der Waals surface area contributed by atoms with Gasteiger partial charge in [0, 0.05) is 6.04 Å². The van der Waals surface area contributed by atoms with Gasteiger partial charge in [0.2, 0.25) is 11.8 Å². The van der Waals surface area contributed by atoms with Gasteiger partial charge in [0.25, 0.3) is 0 Å². The molecule has 1 aliphatic carbocycles. The van der Waals surface area contributed by atoms with E-state index >= 15 is 0 Å². The summed E-state index contributed by atoms with van der Waals surface area (Å²) in [6.45, 7) is 7.89. The molecule has 0 aromatic heterocycles. The second-order valence-electron chi connectivity index (χ2n) is 5.45. The highest BCUT2D eigenvalue weighted by Crippen LogP contribution is 2.39. The first kappa shape index (κ1) is 12.4. The molecule has 1 saturated heterocycles. The monoisotopic (exact) mass is 238 g/mol. The number of nitrogens with one attached hydrogen (secondary N) is 1. The average molecular weight is 238 g/mol. The quantitative estimate of drug-likeness (QED) is 0.805. The van der Waals surface area contributed by atoms with Crippen LogP contribution in [-0.2, 0) is 9.59 Å². The Morgan fingerprint density at radius 1 is 1.29 bits per heavy atom. The SMILES string of the molecule is CCC1(CC)NC(=O)C(C)N(C2CC2C)C1=O. The highest BCUT2D eigenvalue weighted by molar-refractivity contribution is 6.00. The highest BCUT2D eigenvalue weighted by Gasteiger charge is 2.53. The number of carbonyl (C=O) groups is 2. The van der Waals surface area contributed by atoms with Crippen molar-refractivity contribution in [3.63, 3.8) is 0 Å². The van der Waals surface area contributed by atoms with Gasteiger partial charge in [-0.25, -0.2) is 0 Å². The number of amides is 2. The molecule has 3 atom stereocenters. The van der Waals surface area contributed by atoms with Crippen molar-refractivity contribution < 1.29 is 9.59 Å². The number of carbonyl (C=O) groups excluding carboxylic acids is 2. The fourth-order valence-corrected chi connectivity index (χ4v) is 2.80. The summed E-state index contributed by atoms with van der Waals surface area (Å²) in [5.74, 6) is 0.648. The Kier molecular flexibility index (Phi) is 2.92. The minimum atomic E-state index is -0.661. The number of rotatable bonds is 3. The molecular formula is C13H22N2O2. The zero-order valence-corrected chi connectivity index (χ0v) is 11.1. The van der Waals surface area contributed by atoms with Crippen LogP contribution in [0.3, 0.4) is 0 Å². The maximum absolute atomic E-state index is 12.6. The van der Waals surface area contributed by atoms with E-state index in [9.17, 15) is 9.59 Å². The summed E-state index contributed by atoms with van der Waals surface area (Å²) in [6, 6.07) is -0.0373. The van der Waals surface area contributed by atoms with Gasteiger partial charge in [-0.2, -0.15) is 0 Å². The third-order valence-corrected chi connectivity index (χ3v) is 4.43. The molecule has 1 aliphatic heterocycles. The molecular weight excluding hydrogens is 216 g/mol. The standard InChI is InChI=1S/C13H22N2O2/c1-5-13(6-2)12(17)15(10-7-8(10)3)9(4)11(16)14-13/h8-10H,5-7H2,1-4H3,(H,14,16). The van der Waals surface area contributed by atoms with E-state index in [2.05, 4.69) is 12.2 Å². The molecule has 1 saturated carbocycles. The summed E-state index contributed by atoms with van der Waals surface area (Å²) in [7, 11) is 0. The molecule has 2 rings (SSSR count). The first-order valence-corrected chi connectivity index (χ1v) is 6.61. The number of hydrogen-bond donors (Lipinski definition) is 1. The number of piperazine rings is 1. The predicted octanol–water partition coefficient (Wildman–Crippen LogP) is 1.30. The molecule has 2 amide bonds. The van der Waals surface area contributed by atoms with Crippen molar-refractivity contribution in [2.75, 3.05) is 0 Å². The lowest BCUT2D eigenvalue weighted by Gasteiger charge is -2.45. The second kappa shape index (κ2) is 4.00. The van der Waals surface area contributed by atoms with E-state index < -0.39 is 5.54 Å². The molecule has 0 bridgehead atoms. The maximum Gasteiger partial charge on any atom is 0.249 e. The van der Waals surface area contributed by atoms with E-state index in [4.69, 9.17) is 0 Å². The molecule has 4 heteroatoms. The van der Waals surface area contributed by atoms with E-state index in [1.165, 1.54) is 0 Å². The molecule has 17 heavy (non-hydrogen) atoms. The Balaban J connectivity index is 2.30. The molecule has 2 aliphatic rings. The molecule has 3 unspecified atom stereocenters. The zero-order valence-electron chi connectivity index (χ0n) is 11.1. The Bertz CT molecular complexity index is 349. The van der Waals surface area contributed by atoms with Crippen molar-refractivity contribution in [1.29, 1.82) is 0 Å². The normalized spacial score (nSPS) is 35.8.